The highest BCUT2D eigenvalue weighted by Crippen LogP contribution is 2.39. The van der Waals surface area contributed by atoms with Gasteiger partial charge in [0.15, 0.2) is 0 Å². The molecule has 0 atom stereocenters. The maximum atomic E-state index is 14.0. The van der Waals surface area contributed by atoms with Crippen molar-refractivity contribution in [2.45, 2.75) is 64.0 Å². The summed E-state index contributed by atoms with van der Waals surface area (Å²) in [6, 6.07) is 9.60. The number of aliphatic carboxylic acids is 1. The number of nitrogens with one attached hydrogen (secondary N) is 1. The van der Waals surface area contributed by atoms with Gasteiger partial charge in [0.2, 0.25) is 0 Å². The summed E-state index contributed by atoms with van der Waals surface area (Å²) in [7, 11) is 0. The quantitative estimate of drug-likeness (QED) is 0.502. The number of carboxylic acids is 1. The zero-order valence-electron chi connectivity index (χ0n) is 18.5. The summed E-state index contributed by atoms with van der Waals surface area (Å²) in [5.41, 5.74) is 2.29. The molecule has 2 fully saturated rings. The first-order valence-corrected chi connectivity index (χ1v) is 11.6. The van der Waals surface area contributed by atoms with E-state index in [1.807, 2.05) is 30.3 Å². The zero-order chi connectivity index (χ0) is 23.6. The van der Waals surface area contributed by atoms with Gasteiger partial charge in [-0.2, -0.15) is 13.2 Å². The molecule has 0 radical (unpaired) electrons. The van der Waals surface area contributed by atoms with Crippen LogP contribution in [-0.4, -0.2) is 41.3 Å². The van der Waals surface area contributed by atoms with Crippen molar-refractivity contribution in [3.05, 3.63) is 41.5 Å². The third-order valence-corrected chi connectivity index (χ3v) is 7.22. The zero-order valence-corrected chi connectivity index (χ0v) is 18.5. The number of piperidine rings is 1. The second-order valence-corrected chi connectivity index (χ2v) is 9.40. The normalized spacial score (nSPS) is 23.0. The highest BCUT2D eigenvalue weighted by atomic mass is 19.4. The van der Waals surface area contributed by atoms with E-state index in [0.717, 1.165) is 36.0 Å². The number of alkyl halides is 4. The Balaban J connectivity index is 1.43. The minimum absolute atomic E-state index is 0.0839. The van der Waals surface area contributed by atoms with Crippen molar-refractivity contribution in [3.8, 4) is 0 Å². The second kappa shape index (κ2) is 9.87. The Morgan fingerprint density at radius 3 is 2.33 bits per heavy atom. The van der Waals surface area contributed by atoms with Gasteiger partial charge in [0.1, 0.15) is 6.67 Å². The Kier molecular flexibility index (Phi) is 7.12. The molecule has 33 heavy (non-hydrogen) atoms. The van der Waals surface area contributed by atoms with E-state index in [0.29, 0.717) is 36.9 Å². The molecule has 1 heterocycles. The molecule has 1 aliphatic carbocycles. The van der Waals surface area contributed by atoms with Crippen molar-refractivity contribution in [2.75, 3.05) is 18.4 Å². The molecule has 4 nitrogen and oxygen atoms in total. The van der Waals surface area contributed by atoms with Crippen LogP contribution in [0.25, 0.3) is 10.8 Å². The predicted octanol–water partition coefficient (Wildman–Crippen LogP) is 6.14. The van der Waals surface area contributed by atoms with Gasteiger partial charge in [-0.05, 0) is 80.1 Å². The number of rotatable bonds is 6. The fourth-order valence-corrected chi connectivity index (χ4v) is 5.20. The monoisotopic (exact) mass is 466 g/mol. The number of halogens is 4. The Bertz CT molecular complexity index is 978. The van der Waals surface area contributed by atoms with Crippen molar-refractivity contribution in [1.82, 2.24) is 4.90 Å². The first-order chi connectivity index (χ1) is 15.7. The lowest BCUT2D eigenvalue weighted by Crippen LogP contribution is -2.35. The standard InChI is InChI=1S/C25H30F4N2O2/c26-14-22-21-7-1-16(15-31-11-9-17(10-12-31)24(32)33)13-18(21)2-8-23(22)30-20-5-3-19(4-6-20)25(27,28)29/h1-2,7-8,13,17,19-20,30H,3-6,9-12,14-15H2,(H,32,33). The SMILES string of the molecule is O=C(O)C1CCN(Cc2ccc3c(CF)c(NC4CCC(C(F)(F)F)CC4)ccc3c2)CC1. The van der Waals surface area contributed by atoms with Gasteiger partial charge in [-0.3, -0.25) is 9.69 Å². The van der Waals surface area contributed by atoms with Crippen LogP contribution < -0.4 is 5.32 Å². The van der Waals surface area contributed by atoms with Crippen molar-refractivity contribution < 1.29 is 27.5 Å². The lowest BCUT2D eigenvalue weighted by Gasteiger charge is -2.31. The third-order valence-electron chi connectivity index (χ3n) is 7.22. The van der Waals surface area contributed by atoms with Crippen molar-refractivity contribution in [2.24, 2.45) is 11.8 Å². The van der Waals surface area contributed by atoms with Gasteiger partial charge in [-0.25, -0.2) is 4.39 Å². The van der Waals surface area contributed by atoms with Gasteiger partial charge >= 0.3 is 12.1 Å². The predicted molar refractivity (Wildman–Crippen MR) is 120 cm³/mol. The van der Waals surface area contributed by atoms with E-state index in [9.17, 15) is 22.4 Å². The van der Waals surface area contributed by atoms with Gasteiger partial charge in [0.05, 0.1) is 11.8 Å². The lowest BCUT2D eigenvalue weighted by atomic mass is 9.85. The first-order valence-electron chi connectivity index (χ1n) is 11.6. The Labute approximate surface area is 191 Å². The average Bonchev–Trinajstić information content (AvgIpc) is 2.79. The van der Waals surface area contributed by atoms with Crippen LogP contribution >= 0.6 is 0 Å². The van der Waals surface area contributed by atoms with E-state index in [4.69, 9.17) is 5.11 Å². The number of likely N-dealkylation sites (tertiary alicyclic amines) is 1. The largest absolute Gasteiger partial charge is 0.481 e. The Morgan fingerprint density at radius 2 is 1.73 bits per heavy atom. The number of hydrogen-bond acceptors (Lipinski definition) is 3. The van der Waals surface area contributed by atoms with Crippen LogP contribution in [0.4, 0.5) is 23.2 Å². The smallest absolute Gasteiger partial charge is 0.391 e. The molecule has 1 saturated heterocycles. The van der Waals surface area contributed by atoms with Crippen molar-refractivity contribution in [3.63, 3.8) is 0 Å². The fourth-order valence-electron chi connectivity index (χ4n) is 5.20. The molecule has 0 spiro atoms. The summed E-state index contributed by atoms with van der Waals surface area (Å²) < 4.78 is 52.8. The van der Waals surface area contributed by atoms with Gasteiger partial charge < -0.3 is 10.4 Å². The summed E-state index contributed by atoms with van der Waals surface area (Å²) in [5, 5.41) is 14.2. The van der Waals surface area contributed by atoms with Crippen molar-refractivity contribution >= 4 is 22.4 Å². The number of fused-ring (bicyclic) bond motifs is 1. The lowest BCUT2D eigenvalue weighted by molar-refractivity contribution is -0.182. The van der Waals surface area contributed by atoms with Crippen LogP contribution in [0.15, 0.2) is 30.3 Å². The molecule has 8 heteroatoms. The van der Waals surface area contributed by atoms with Gasteiger partial charge in [-0.1, -0.05) is 18.2 Å². The van der Waals surface area contributed by atoms with E-state index in [-0.39, 0.29) is 24.8 Å². The molecular formula is C25H30F4N2O2. The molecule has 2 N–H and O–H groups in total. The summed E-state index contributed by atoms with van der Waals surface area (Å²) in [6.45, 7) is 1.55. The number of carboxylic acid groups (broad SMARTS) is 1. The molecule has 1 saturated carbocycles. The number of hydrogen-bond donors (Lipinski definition) is 2. The third kappa shape index (κ3) is 5.60. The van der Waals surface area contributed by atoms with Crippen LogP contribution in [0.1, 0.15) is 49.7 Å². The molecule has 2 aromatic carbocycles. The minimum Gasteiger partial charge on any atom is -0.481 e. The van der Waals surface area contributed by atoms with Crippen LogP contribution in [0, 0.1) is 11.8 Å². The van der Waals surface area contributed by atoms with E-state index < -0.39 is 24.7 Å². The summed E-state index contributed by atoms with van der Waals surface area (Å²) in [6.07, 6.45) is -1.79. The molecule has 2 aliphatic rings. The van der Waals surface area contributed by atoms with Gasteiger partial charge in [-0.15, -0.1) is 0 Å². The van der Waals surface area contributed by atoms with E-state index in [2.05, 4.69) is 10.2 Å². The number of carbonyl (C=O) groups is 1. The highest BCUT2D eigenvalue weighted by molar-refractivity contribution is 5.90. The summed E-state index contributed by atoms with van der Waals surface area (Å²) in [4.78, 5) is 13.4. The second-order valence-electron chi connectivity index (χ2n) is 9.40. The Hall–Kier alpha value is -2.35. The maximum Gasteiger partial charge on any atom is 0.391 e. The number of benzene rings is 2. The van der Waals surface area contributed by atoms with E-state index >= 15 is 0 Å². The summed E-state index contributed by atoms with van der Waals surface area (Å²) in [5.74, 6) is -2.22. The molecule has 4 rings (SSSR count). The number of nitrogens with zero attached hydrogens (tertiary/aromatic N) is 1. The molecule has 0 unspecified atom stereocenters. The fraction of sp³-hybridized carbons (Fsp3) is 0.560. The molecular weight excluding hydrogens is 436 g/mol. The molecule has 0 bridgehead atoms. The molecule has 0 aromatic heterocycles. The highest BCUT2D eigenvalue weighted by Gasteiger charge is 2.41. The van der Waals surface area contributed by atoms with Gasteiger partial charge in [0, 0.05) is 23.8 Å². The molecule has 0 amide bonds. The number of anilines is 1. The van der Waals surface area contributed by atoms with Crippen LogP contribution in [0.5, 0.6) is 0 Å². The Morgan fingerprint density at radius 1 is 1.03 bits per heavy atom. The van der Waals surface area contributed by atoms with Gasteiger partial charge in [0.25, 0.3) is 0 Å². The molecule has 180 valence electrons. The minimum atomic E-state index is -4.14. The average molecular weight is 467 g/mol. The summed E-state index contributed by atoms with van der Waals surface area (Å²) >= 11 is 0. The molecule has 1 aliphatic heterocycles. The van der Waals surface area contributed by atoms with E-state index in [1.54, 1.807) is 0 Å². The molecule has 2 aromatic rings. The maximum absolute atomic E-state index is 14.0. The van der Waals surface area contributed by atoms with Crippen molar-refractivity contribution in [1.29, 1.82) is 0 Å². The van der Waals surface area contributed by atoms with Crippen LogP contribution in [0.2, 0.25) is 0 Å². The first kappa shape index (κ1) is 23.8. The van der Waals surface area contributed by atoms with Crippen LogP contribution in [-0.2, 0) is 18.0 Å². The van der Waals surface area contributed by atoms with E-state index in [1.165, 1.54) is 0 Å². The van der Waals surface area contributed by atoms with Crippen LogP contribution in [0.3, 0.4) is 0 Å². The topological polar surface area (TPSA) is 52.6 Å².